The lowest BCUT2D eigenvalue weighted by Crippen LogP contribution is -2.36. The normalized spacial score (nSPS) is 16.0. The molecule has 1 saturated heterocycles. The third kappa shape index (κ3) is 5.58. The van der Waals surface area contributed by atoms with Gasteiger partial charge in [0.25, 0.3) is 0 Å². The molecular formula is C21H27N3O2. The highest BCUT2D eigenvalue weighted by Crippen LogP contribution is 2.15. The fourth-order valence-electron chi connectivity index (χ4n) is 3.26. The molecule has 0 bridgehead atoms. The molecule has 1 heterocycles. The number of ether oxygens (including phenoxy) is 1. The first-order chi connectivity index (χ1) is 12.7. The first-order valence-electron chi connectivity index (χ1n) is 9.15. The van der Waals surface area contributed by atoms with Gasteiger partial charge < -0.3 is 10.1 Å². The van der Waals surface area contributed by atoms with Crippen molar-refractivity contribution in [1.29, 1.82) is 0 Å². The Morgan fingerprint density at radius 3 is 2.38 bits per heavy atom. The van der Waals surface area contributed by atoms with Crippen LogP contribution in [0.2, 0.25) is 0 Å². The molecule has 5 heteroatoms. The first-order valence-corrected chi connectivity index (χ1v) is 9.15. The number of hydrogen-bond donors (Lipinski definition) is 1. The lowest BCUT2D eigenvalue weighted by Gasteiger charge is -2.21. The van der Waals surface area contributed by atoms with Crippen LogP contribution in [0.5, 0.6) is 5.75 Å². The van der Waals surface area contributed by atoms with Gasteiger partial charge in [-0.25, -0.2) is 0 Å². The Hall–Kier alpha value is -2.37. The van der Waals surface area contributed by atoms with Crippen LogP contribution in [0.1, 0.15) is 12.0 Å². The molecule has 26 heavy (non-hydrogen) atoms. The standard InChI is InChI=1S/C21H27N3O2/c1-26-20-10-8-19(9-11-20)22-21(25)17-24-13-5-12-23(14-15-24)16-18-6-3-2-4-7-18/h2-4,6-11H,5,12-17H2,1H3,(H,22,25). The van der Waals surface area contributed by atoms with E-state index in [4.69, 9.17) is 4.74 Å². The minimum Gasteiger partial charge on any atom is -0.497 e. The zero-order chi connectivity index (χ0) is 18.2. The number of carbonyl (C=O) groups excluding carboxylic acids is 1. The molecule has 1 amide bonds. The molecular weight excluding hydrogens is 326 g/mol. The van der Waals surface area contributed by atoms with Crippen molar-refractivity contribution in [3.05, 3.63) is 60.2 Å². The fourth-order valence-corrected chi connectivity index (χ4v) is 3.26. The van der Waals surface area contributed by atoms with E-state index in [0.717, 1.165) is 50.6 Å². The maximum atomic E-state index is 12.3. The van der Waals surface area contributed by atoms with E-state index in [0.29, 0.717) is 6.54 Å². The van der Waals surface area contributed by atoms with Gasteiger partial charge in [0.1, 0.15) is 5.75 Å². The van der Waals surface area contributed by atoms with Crippen molar-refractivity contribution in [2.45, 2.75) is 13.0 Å². The summed E-state index contributed by atoms with van der Waals surface area (Å²) < 4.78 is 5.14. The van der Waals surface area contributed by atoms with E-state index in [1.54, 1.807) is 7.11 Å². The van der Waals surface area contributed by atoms with Gasteiger partial charge in [0.05, 0.1) is 13.7 Å². The number of rotatable bonds is 6. The predicted molar refractivity (Wildman–Crippen MR) is 104 cm³/mol. The summed E-state index contributed by atoms with van der Waals surface area (Å²) in [6.45, 7) is 5.36. The third-order valence-corrected chi connectivity index (χ3v) is 4.67. The highest BCUT2D eigenvalue weighted by atomic mass is 16.5. The van der Waals surface area contributed by atoms with Crippen molar-refractivity contribution >= 4 is 11.6 Å². The third-order valence-electron chi connectivity index (χ3n) is 4.67. The van der Waals surface area contributed by atoms with Crippen molar-refractivity contribution in [1.82, 2.24) is 9.80 Å². The minimum atomic E-state index is 0.0340. The second kappa shape index (κ2) is 9.36. The quantitative estimate of drug-likeness (QED) is 0.867. The monoisotopic (exact) mass is 353 g/mol. The lowest BCUT2D eigenvalue weighted by molar-refractivity contribution is -0.117. The number of hydrogen-bond acceptors (Lipinski definition) is 4. The second-order valence-corrected chi connectivity index (χ2v) is 6.67. The van der Waals surface area contributed by atoms with Crippen LogP contribution < -0.4 is 10.1 Å². The molecule has 0 aromatic heterocycles. The molecule has 1 N–H and O–H groups in total. The van der Waals surface area contributed by atoms with Gasteiger partial charge in [0.2, 0.25) is 5.91 Å². The number of nitrogens with one attached hydrogen (secondary N) is 1. The molecule has 1 aliphatic rings. The second-order valence-electron chi connectivity index (χ2n) is 6.67. The summed E-state index contributed by atoms with van der Waals surface area (Å²) in [5.74, 6) is 0.820. The summed E-state index contributed by atoms with van der Waals surface area (Å²) in [6, 6.07) is 18.0. The Morgan fingerprint density at radius 1 is 0.962 bits per heavy atom. The topological polar surface area (TPSA) is 44.8 Å². The molecule has 0 atom stereocenters. The van der Waals surface area contributed by atoms with Gasteiger partial charge in [-0.1, -0.05) is 30.3 Å². The molecule has 2 aromatic carbocycles. The maximum absolute atomic E-state index is 12.3. The Balaban J connectivity index is 1.45. The van der Waals surface area contributed by atoms with Crippen molar-refractivity contribution in [3.63, 3.8) is 0 Å². The summed E-state index contributed by atoms with van der Waals surface area (Å²) in [4.78, 5) is 17.0. The number of methoxy groups -OCH3 is 1. The van der Waals surface area contributed by atoms with E-state index in [2.05, 4.69) is 45.4 Å². The molecule has 2 aromatic rings. The molecule has 0 radical (unpaired) electrons. The predicted octanol–water partition coefficient (Wildman–Crippen LogP) is 2.84. The van der Waals surface area contributed by atoms with E-state index in [1.165, 1.54) is 5.56 Å². The van der Waals surface area contributed by atoms with Crippen LogP contribution >= 0.6 is 0 Å². The molecule has 0 unspecified atom stereocenters. The molecule has 3 rings (SSSR count). The van der Waals surface area contributed by atoms with Gasteiger partial charge in [-0.15, -0.1) is 0 Å². The molecule has 138 valence electrons. The number of nitrogens with zero attached hydrogens (tertiary/aromatic N) is 2. The zero-order valence-electron chi connectivity index (χ0n) is 15.4. The summed E-state index contributed by atoms with van der Waals surface area (Å²) in [6.07, 6.45) is 1.09. The number of carbonyl (C=O) groups is 1. The Labute approximate surface area is 155 Å². The van der Waals surface area contributed by atoms with Gasteiger partial charge in [0.15, 0.2) is 0 Å². The van der Waals surface area contributed by atoms with Crippen molar-refractivity contribution in [2.75, 3.05) is 45.2 Å². The lowest BCUT2D eigenvalue weighted by atomic mass is 10.2. The minimum absolute atomic E-state index is 0.0340. The molecule has 0 spiro atoms. The Morgan fingerprint density at radius 2 is 1.65 bits per heavy atom. The highest BCUT2D eigenvalue weighted by molar-refractivity contribution is 5.92. The molecule has 1 aliphatic heterocycles. The van der Waals surface area contributed by atoms with Crippen LogP contribution in [0.25, 0.3) is 0 Å². The zero-order valence-corrected chi connectivity index (χ0v) is 15.4. The highest BCUT2D eigenvalue weighted by Gasteiger charge is 2.17. The van der Waals surface area contributed by atoms with Gasteiger partial charge in [0, 0.05) is 25.3 Å². The van der Waals surface area contributed by atoms with Crippen LogP contribution in [0.15, 0.2) is 54.6 Å². The van der Waals surface area contributed by atoms with E-state index < -0.39 is 0 Å². The average molecular weight is 353 g/mol. The summed E-state index contributed by atoms with van der Waals surface area (Å²) in [5.41, 5.74) is 2.15. The fraction of sp³-hybridized carbons (Fsp3) is 0.381. The van der Waals surface area contributed by atoms with Crippen LogP contribution in [-0.2, 0) is 11.3 Å². The van der Waals surface area contributed by atoms with E-state index in [-0.39, 0.29) is 5.91 Å². The Bertz CT molecular complexity index is 688. The largest absolute Gasteiger partial charge is 0.497 e. The van der Waals surface area contributed by atoms with Crippen molar-refractivity contribution in [3.8, 4) is 5.75 Å². The number of anilines is 1. The average Bonchev–Trinajstić information content (AvgIpc) is 2.88. The molecule has 5 nitrogen and oxygen atoms in total. The molecule has 0 aliphatic carbocycles. The van der Waals surface area contributed by atoms with Gasteiger partial charge in [-0.3, -0.25) is 14.6 Å². The van der Waals surface area contributed by atoms with Crippen LogP contribution in [0.4, 0.5) is 5.69 Å². The van der Waals surface area contributed by atoms with E-state index in [1.807, 2.05) is 24.3 Å². The molecule has 1 fully saturated rings. The van der Waals surface area contributed by atoms with Gasteiger partial charge in [-0.2, -0.15) is 0 Å². The van der Waals surface area contributed by atoms with E-state index in [9.17, 15) is 4.79 Å². The van der Waals surface area contributed by atoms with Crippen molar-refractivity contribution < 1.29 is 9.53 Å². The van der Waals surface area contributed by atoms with Gasteiger partial charge in [-0.05, 0) is 49.3 Å². The summed E-state index contributed by atoms with van der Waals surface area (Å²) >= 11 is 0. The van der Waals surface area contributed by atoms with Crippen LogP contribution in [0.3, 0.4) is 0 Å². The summed E-state index contributed by atoms with van der Waals surface area (Å²) in [7, 11) is 1.63. The number of amides is 1. The Kier molecular flexibility index (Phi) is 6.63. The van der Waals surface area contributed by atoms with Gasteiger partial charge >= 0.3 is 0 Å². The molecule has 0 saturated carbocycles. The van der Waals surface area contributed by atoms with Crippen LogP contribution in [0, 0.1) is 0 Å². The van der Waals surface area contributed by atoms with E-state index >= 15 is 0 Å². The van der Waals surface area contributed by atoms with Crippen molar-refractivity contribution in [2.24, 2.45) is 0 Å². The smallest absolute Gasteiger partial charge is 0.238 e. The summed E-state index contributed by atoms with van der Waals surface area (Å²) in [5, 5.41) is 2.96. The van der Waals surface area contributed by atoms with Crippen LogP contribution in [-0.4, -0.2) is 55.5 Å². The maximum Gasteiger partial charge on any atom is 0.238 e. The SMILES string of the molecule is COc1ccc(NC(=O)CN2CCCN(Cc3ccccc3)CC2)cc1. The first kappa shape index (κ1) is 18.4. The number of benzene rings is 2.